The van der Waals surface area contributed by atoms with Crippen molar-refractivity contribution in [2.24, 2.45) is 0 Å². The summed E-state index contributed by atoms with van der Waals surface area (Å²) in [6.07, 6.45) is 0. The summed E-state index contributed by atoms with van der Waals surface area (Å²) in [6, 6.07) is 8.50. The van der Waals surface area contributed by atoms with Gasteiger partial charge < -0.3 is 18.9 Å². The average Bonchev–Trinajstić information content (AvgIpc) is 2.66. The third-order valence-corrected chi connectivity index (χ3v) is 5.13. The molecule has 0 fully saturated rings. The molecule has 3 rings (SSSR count). The van der Waals surface area contributed by atoms with Crippen LogP contribution in [0.4, 0.5) is 8.78 Å². The predicted octanol–water partition coefficient (Wildman–Crippen LogP) is 2.55. The maximum absolute atomic E-state index is 12.5. The Kier molecular flexibility index (Phi) is 5.66. The summed E-state index contributed by atoms with van der Waals surface area (Å²) in [6.45, 7) is -2.30. The maximum atomic E-state index is 12.5. The Hall–Kier alpha value is -2.59. The predicted molar refractivity (Wildman–Crippen MR) is 91.1 cm³/mol. The summed E-state index contributed by atoms with van der Waals surface area (Å²) in [4.78, 5) is 0.0244. The molecule has 7 nitrogen and oxygen atoms in total. The van der Waals surface area contributed by atoms with Gasteiger partial charge in [-0.25, -0.2) is 13.1 Å². The molecule has 0 spiro atoms. The lowest BCUT2D eigenvalue weighted by Crippen LogP contribution is -2.24. The van der Waals surface area contributed by atoms with Crippen molar-refractivity contribution in [3.8, 4) is 23.0 Å². The first-order chi connectivity index (χ1) is 12.9. The number of rotatable bonds is 7. The Bertz CT molecular complexity index is 920. The molecule has 1 N–H and O–H groups in total. The fourth-order valence-electron chi connectivity index (χ4n) is 2.47. The average molecular weight is 401 g/mol. The number of nitrogens with one attached hydrogen (secondary N) is 1. The van der Waals surface area contributed by atoms with Crippen molar-refractivity contribution in [2.45, 2.75) is 18.1 Å². The third-order valence-electron chi connectivity index (χ3n) is 3.73. The Morgan fingerprint density at radius 2 is 1.81 bits per heavy atom. The summed E-state index contributed by atoms with van der Waals surface area (Å²) in [5.74, 6) is 0.788. The second-order valence-electron chi connectivity index (χ2n) is 5.49. The van der Waals surface area contributed by atoms with Crippen LogP contribution in [0.25, 0.3) is 0 Å². The number of alkyl halides is 2. The smallest absolute Gasteiger partial charge is 0.387 e. The molecule has 0 radical (unpaired) electrons. The van der Waals surface area contributed by atoms with Gasteiger partial charge >= 0.3 is 6.61 Å². The Balaban J connectivity index is 1.73. The highest BCUT2D eigenvalue weighted by molar-refractivity contribution is 7.89. The van der Waals surface area contributed by atoms with Gasteiger partial charge in [0.1, 0.15) is 13.2 Å². The van der Waals surface area contributed by atoms with Gasteiger partial charge in [-0.3, -0.25) is 0 Å². The maximum Gasteiger partial charge on any atom is 0.387 e. The molecule has 0 amide bonds. The molecular formula is C17H17F2NO6S. The van der Waals surface area contributed by atoms with E-state index in [-0.39, 0.29) is 22.9 Å². The second-order valence-corrected chi connectivity index (χ2v) is 7.26. The highest BCUT2D eigenvalue weighted by Crippen LogP contribution is 2.32. The summed E-state index contributed by atoms with van der Waals surface area (Å²) < 4.78 is 72.2. The summed E-state index contributed by atoms with van der Waals surface area (Å²) in [5.41, 5.74) is 0.509. The summed E-state index contributed by atoms with van der Waals surface area (Å²) in [7, 11) is -2.52. The molecule has 0 aliphatic carbocycles. The van der Waals surface area contributed by atoms with E-state index in [1.165, 1.54) is 43.5 Å². The fraction of sp³-hybridized carbons (Fsp3) is 0.294. The summed E-state index contributed by atoms with van der Waals surface area (Å²) in [5, 5.41) is 0. The molecular weight excluding hydrogens is 384 g/mol. The highest BCUT2D eigenvalue weighted by Gasteiger charge is 2.19. The van der Waals surface area contributed by atoms with Crippen molar-refractivity contribution in [1.29, 1.82) is 0 Å². The Morgan fingerprint density at radius 1 is 1.07 bits per heavy atom. The number of methoxy groups -OCH3 is 1. The van der Waals surface area contributed by atoms with E-state index in [2.05, 4.69) is 9.46 Å². The van der Waals surface area contributed by atoms with Crippen LogP contribution in [0.1, 0.15) is 5.56 Å². The van der Waals surface area contributed by atoms with Crippen LogP contribution in [0.3, 0.4) is 0 Å². The van der Waals surface area contributed by atoms with E-state index < -0.39 is 16.6 Å². The van der Waals surface area contributed by atoms with Gasteiger partial charge in [-0.2, -0.15) is 8.78 Å². The Labute approximate surface area is 154 Å². The number of fused-ring (bicyclic) bond motifs is 1. The van der Waals surface area contributed by atoms with Gasteiger partial charge in [-0.15, -0.1) is 0 Å². The molecule has 0 aromatic heterocycles. The van der Waals surface area contributed by atoms with E-state index in [1.807, 2.05) is 0 Å². The topological polar surface area (TPSA) is 83.1 Å². The van der Waals surface area contributed by atoms with Crippen LogP contribution in [0, 0.1) is 0 Å². The van der Waals surface area contributed by atoms with Gasteiger partial charge in [0.15, 0.2) is 23.0 Å². The first kappa shape index (κ1) is 19.2. The molecule has 0 atom stereocenters. The minimum Gasteiger partial charge on any atom is -0.493 e. The van der Waals surface area contributed by atoms with Gasteiger partial charge in [0.2, 0.25) is 10.0 Å². The van der Waals surface area contributed by atoms with Crippen molar-refractivity contribution < 1.29 is 36.1 Å². The quantitative estimate of drug-likeness (QED) is 0.768. The number of ether oxygens (including phenoxy) is 4. The summed E-state index contributed by atoms with van der Waals surface area (Å²) >= 11 is 0. The minimum absolute atomic E-state index is 0.0244. The molecule has 1 aliphatic heterocycles. The molecule has 27 heavy (non-hydrogen) atoms. The van der Waals surface area contributed by atoms with Crippen LogP contribution in [0.15, 0.2) is 41.3 Å². The van der Waals surface area contributed by atoms with Crippen molar-refractivity contribution in [2.75, 3.05) is 20.3 Å². The Morgan fingerprint density at radius 3 is 2.52 bits per heavy atom. The number of hydrogen-bond donors (Lipinski definition) is 1. The first-order valence-electron chi connectivity index (χ1n) is 7.90. The van der Waals surface area contributed by atoms with E-state index in [1.54, 1.807) is 0 Å². The molecule has 1 aliphatic rings. The van der Waals surface area contributed by atoms with Gasteiger partial charge in [-0.1, -0.05) is 6.07 Å². The van der Waals surface area contributed by atoms with Crippen LogP contribution in [0.2, 0.25) is 0 Å². The molecule has 0 saturated carbocycles. The van der Waals surface area contributed by atoms with E-state index in [0.29, 0.717) is 30.3 Å². The van der Waals surface area contributed by atoms with Crippen LogP contribution >= 0.6 is 0 Å². The zero-order valence-corrected chi connectivity index (χ0v) is 15.1. The number of hydrogen-bond acceptors (Lipinski definition) is 6. The molecule has 2 aromatic rings. The van der Waals surface area contributed by atoms with Crippen molar-refractivity contribution in [3.05, 3.63) is 42.0 Å². The van der Waals surface area contributed by atoms with Crippen LogP contribution < -0.4 is 23.7 Å². The lowest BCUT2D eigenvalue weighted by atomic mass is 10.2. The van der Waals surface area contributed by atoms with E-state index >= 15 is 0 Å². The molecule has 0 unspecified atom stereocenters. The van der Waals surface area contributed by atoms with Gasteiger partial charge in [-0.05, 0) is 29.8 Å². The second kappa shape index (κ2) is 7.97. The SMILES string of the molecule is COc1cc(CNS(=O)(=O)c2ccc3c(c2)OCCO3)ccc1OC(F)F. The molecule has 10 heteroatoms. The largest absolute Gasteiger partial charge is 0.493 e. The first-order valence-corrected chi connectivity index (χ1v) is 9.38. The fourth-order valence-corrected chi connectivity index (χ4v) is 3.50. The highest BCUT2D eigenvalue weighted by atomic mass is 32.2. The van der Waals surface area contributed by atoms with Gasteiger partial charge in [0, 0.05) is 12.6 Å². The van der Waals surface area contributed by atoms with Gasteiger partial charge in [0.05, 0.1) is 12.0 Å². The van der Waals surface area contributed by atoms with Crippen molar-refractivity contribution in [1.82, 2.24) is 4.72 Å². The lowest BCUT2D eigenvalue weighted by molar-refractivity contribution is -0.0512. The van der Waals surface area contributed by atoms with E-state index in [9.17, 15) is 17.2 Å². The number of sulfonamides is 1. The van der Waals surface area contributed by atoms with E-state index in [4.69, 9.17) is 14.2 Å². The van der Waals surface area contributed by atoms with Crippen LogP contribution in [-0.4, -0.2) is 35.4 Å². The van der Waals surface area contributed by atoms with Crippen molar-refractivity contribution >= 4 is 10.0 Å². The standard InChI is InChI=1S/C17H17F2NO6S/c1-23-15-8-11(2-4-14(15)26-17(18)19)10-20-27(21,22)12-3-5-13-16(9-12)25-7-6-24-13/h2-5,8-9,17,20H,6-7,10H2,1H3. The zero-order chi connectivity index (χ0) is 19.4. The lowest BCUT2D eigenvalue weighted by Gasteiger charge is -2.19. The molecule has 2 aromatic carbocycles. The molecule has 0 bridgehead atoms. The van der Waals surface area contributed by atoms with E-state index in [0.717, 1.165) is 0 Å². The normalized spacial score (nSPS) is 13.5. The number of halogens is 2. The number of benzene rings is 2. The molecule has 1 heterocycles. The molecule has 0 saturated heterocycles. The monoisotopic (exact) mass is 401 g/mol. The molecule has 146 valence electrons. The minimum atomic E-state index is -3.82. The third kappa shape index (κ3) is 4.58. The zero-order valence-electron chi connectivity index (χ0n) is 14.3. The van der Waals surface area contributed by atoms with Crippen LogP contribution in [0.5, 0.6) is 23.0 Å². The van der Waals surface area contributed by atoms with Gasteiger partial charge in [0.25, 0.3) is 0 Å². The van der Waals surface area contributed by atoms with Crippen molar-refractivity contribution in [3.63, 3.8) is 0 Å². The van der Waals surface area contributed by atoms with Crippen LogP contribution in [-0.2, 0) is 16.6 Å².